The van der Waals surface area contributed by atoms with Crippen LogP contribution in [0.5, 0.6) is 0 Å². The lowest BCUT2D eigenvalue weighted by Crippen LogP contribution is -2.09. The average molecular weight is 428 g/mol. The van der Waals surface area contributed by atoms with Crippen LogP contribution in [0.4, 0.5) is 11.1 Å². The van der Waals surface area contributed by atoms with Crippen LogP contribution in [-0.4, -0.2) is 27.9 Å². The quantitative estimate of drug-likeness (QED) is 0.453. The second-order valence-electron chi connectivity index (χ2n) is 5.68. The van der Waals surface area contributed by atoms with Crippen molar-refractivity contribution in [1.82, 2.24) is 15.0 Å². The minimum Gasteiger partial charge on any atom is -0.357 e. The highest BCUT2D eigenvalue weighted by Crippen LogP contribution is 2.29. The number of carbonyl (C=O) groups is 1. The van der Waals surface area contributed by atoms with Crippen LogP contribution >= 0.6 is 34.3 Å². The molecule has 0 atom stereocenters. The number of amides is 1. The van der Waals surface area contributed by atoms with E-state index in [1.807, 2.05) is 41.8 Å². The molecule has 140 valence electrons. The average Bonchev–Trinajstić information content (AvgIpc) is 3.38. The summed E-state index contributed by atoms with van der Waals surface area (Å²) in [7, 11) is 1.76. The maximum absolute atomic E-state index is 12.6. The SMILES string of the molecule is CNc1nccc(-c2ccc(C(=O)Nc3nc(-c4cccc(Cl)c4)cs3)s2)n1. The van der Waals surface area contributed by atoms with Crippen molar-refractivity contribution in [3.8, 4) is 21.8 Å². The Hall–Kier alpha value is -2.81. The fourth-order valence-electron chi connectivity index (χ4n) is 2.48. The molecule has 4 rings (SSSR count). The molecule has 3 aromatic heterocycles. The first kappa shape index (κ1) is 18.5. The highest BCUT2D eigenvalue weighted by atomic mass is 35.5. The summed E-state index contributed by atoms with van der Waals surface area (Å²) < 4.78 is 0. The van der Waals surface area contributed by atoms with E-state index in [2.05, 4.69) is 25.6 Å². The predicted octanol–water partition coefficient (Wildman–Crippen LogP) is 5.28. The minimum atomic E-state index is -0.203. The molecular weight excluding hydrogens is 414 g/mol. The van der Waals surface area contributed by atoms with Crippen molar-refractivity contribution < 1.29 is 4.79 Å². The molecule has 0 aliphatic rings. The van der Waals surface area contributed by atoms with Crippen molar-refractivity contribution in [3.63, 3.8) is 0 Å². The van der Waals surface area contributed by atoms with Crippen LogP contribution in [0.3, 0.4) is 0 Å². The van der Waals surface area contributed by atoms with Crippen LogP contribution in [0.15, 0.2) is 54.0 Å². The smallest absolute Gasteiger partial charge is 0.267 e. The number of nitrogens with zero attached hydrogens (tertiary/aromatic N) is 3. The number of aromatic nitrogens is 3. The third-order valence-electron chi connectivity index (χ3n) is 3.81. The van der Waals surface area contributed by atoms with Gasteiger partial charge in [0.2, 0.25) is 5.95 Å². The standard InChI is InChI=1S/C19H14ClN5OS2/c1-21-18-22-8-7-13(23-18)15-5-6-16(28-15)17(26)25-19-24-14(10-27-19)11-3-2-4-12(20)9-11/h2-10H,1H3,(H,21,22,23)(H,24,25,26). The van der Waals surface area contributed by atoms with Crippen molar-refractivity contribution in [2.24, 2.45) is 0 Å². The largest absolute Gasteiger partial charge is 0.357 e. The van der Waals surface area contributed by atoms with Crippen LogP contribution in [0, 0.1) is 0 Å². The summed E-state index contributed by atoms with van der Waals surface area (Å²) in [5, 5.41) is 8.83. The maximum Gasteiger partial charge on any atom is 0.267 e. The molecular formula is C19H14ClN5OS2. The number of halogens is 1. The van der Waals surface area contributed by atoms with Crippen LogP contribution in [0.25, 0.3) is 21.8 Å². The Kier molecular flexibility index (Phi) is 5.34. The summed E-state index contributed by atoms with van der Waals surface area (Å²) in [6.45, 7) is 0. The van der Waals surface area contributed by atoms with E-state index in [0.29, 0.717) is 21.0 Å². The van der Waals surface area contributed by atoms with Gasteiger partial charge in [-0.1, -0.05) is 23.7 Å². The molecule has 1 amide bonds. The zero-order valence-corrected chi connectivity index (χ0v) is 17.0. The Bertz CT molecular complexity index is 1140. The van der Waals surface area contributed by atoms with Gasteiger partial charge in [0, 0.05) is 29.2 Å². The monoisotopic (exact) mass is 427 g/mol. The first-order chi connectivity index (χ1) is 13.6. The molecule has 0 bridgehead atoms. The van der Waals surface area contributed by atoms with Gasteiger partial charge in [0.25, 0.3) is 5.91 Å². The summed E-state index contributed by atoms with van der Waals surface area (Å²) >= 11 is 8.77. The Morgan fingerprint density at radius 3 is 2.82 bits per heavy atom. The van der Waals surface area contributed by atoms with Gasteiger partial charge >= 0.3 is 0 Å². The summed E-state index contributed by atoms with van der Waals surface area (Å²) in [6.07, 6.45) is 1.68. The van der Waals surface area contributed by atoms with Crippen LogP contribution in [0.2, 0.25) is 5.02 Å². The highest BCUT2D eigenvalue weighted by Gasteiger charge is 2.14. The molecule has 0 radical (unpaired) electrons. The number of hydrogen-bond donors (Lipinski definition) is 2. The third-order valence-corrected chi connectivity index (χ3v) is 5.91. The normalized spacial score (nSPS) is 10.6. The van der Waals surface area contributed by atoms with Crippen molar-refractivity contribution in [2.75, 3.05) is 17.7 Å². The van der Waals surface area contributed by atoms with E-state index >= 15 is 0 Å². The second kappa shape index (κ2) is 8.05. The zero-order chi connectivity index (χ0) is 19.5. The molecule has 2 N–H and O–H groups in total. The van der Waals surface area contributed by atoms with E-state index in [1.54, 1.807) is 19.3 Å². The number of thiazole rings is 1. The Labute approximate surface area is 174 Å². The fraction of sp³-hybridized carbons (Fsp3) is 0.0526. The number of rotatable bonds is 5. The van der Waals surface area contributed by atoms with Gasteiger partial charge in [-0.2, -0.15) is 0 Å². The number of hydrogen-bond acceptors (Lipinski definition) is 7. The van der Waals surface area contributed by atoms with E-state index in [-0.39, 0.29) is 5.91 Å². The van der Waals surface area contributed by atoms with Gasteiger partial charge in [-0.15, -0.1) is 22.7 Å². The van der Waals surface area contributed by atoms with Crippen molar-refractivity contribution in [1.29, 1.82) is 0 Å². The summed E-state index contributed by atoms with van der Waals surface area (Å²) in [5.41, 5.74) is 2.45. The number of thiophene rings is 1. The molecule has 6 nitrogen and oxygen atoms in total. The molecule has 1 aromatic carbocycles. The van der Waals surface area contributed by atoms with E-state index in [0.717, 1.165) is 21.8 Å². The van der Waals surface area contributed by atoms with Gasteiger partial charge in [-0.25, -0.2) is 15.0 Å². The third kappa shape index (κ3) is 4.04. The molecule has 0 spiro atoms. The van der Waals surface area contributed by atoms with E-state index in [9.17, 15) is 4.79 Å². The van der Waals surface area contributed by atoms with Crippen LogP contribution < -0.4 is 10.6 Å². The predicted molar refractivity (Wildman–Crippen MR) is 115 cm³/mol. The number of benzene rings is 1. The lowest BCUT2D eigenvalue weighted by molar-refractivity contribution is 0.103. The van der Waals surface area contributed by atoms with Crippen molar-refractivity contribution in [3.05, 3.63) is 63.9 Å². The maximum atomic E-state index is 12.6. The second-order valence-corrected chi connectivity index (χ2v) is 8.06. The van der Waals surface area contributed by atoms with Gasteiger partial charge in [-0.3, -0.25) is 10.1 Å². The van der Waals surface area contributed by atoms with Crippen LogP contribution in [-0.2, 0) is 0 Å². The van der Waals surface area contributed by atoms with Gasteiger partial charge in [0.15, 0.2) is 5.13 Å². The number of nitrogens with one attached hydrogen (secondary N) is 2. The van der Waals surface area contributed by atoms with E-state index in [1.165, 1.54) is 22.7 Å². The molecule has 0 saturated heterocycles. The summed E-state index contributed by atoms with van der Waals surface area (Å²) in [6, 6.07) is 12.9. The number of anilines is 2. The number of carbonyl (C=O) groups excluding carboxylic acids is 1. The van der Waals surface area contributed by atoms with Gasteiger partial charge in [0.05, 0.1) is 21.1 Å². The molecule has 3 heterocycles. The van der Waals surface area contributed by atoms with Gasteiger partial charge < -0.3 is 5.32 Å². The van der Waals surface area contributed by atoms with Gasteiger partial charge in [-0.05, 0) is 30.3 Å². The fourth-order valence-corrected chi connectivity index (χ4v) is 4.26. The Balaban J connectivity index is 1.49. The molecule has 9 heteroatoms. The molecule has 0 aliphatic carbocycles. The highest BCUT2D eigenvalue weighted by molar-refractivity contribution is 7.17. The molecule has 28 heavy (non-hydrogen) atoms. The topological polar surface area (TPSA) is 79.8 Å². The van der Waals surface area contributed by atoms with Crippen molar-refractivity contribution >= 4 is 51.3 Å². The molecule has 0 unspecified atom stereocenters. The Morgan fingerprint density at radius 1 is 1.11 bits per heavy atom. The molecule has 0 saturated carbocycles. The van der Waals surface area contributed by atoms with Crippen molar-refractivity contribution in [2.45, 2.75) is 0 Å². The minimum absolute atomic E-state index is 0.203. The van der Waals surface area contributed by atoms with E-state index < -0.39 is 0 Å². The van der Waals surface area contributed by atoms with Gasteiger partial charge in [0.1, 0.15) is 0 Å². The molecule has 0 aliphatic heterocycles. The Morgan fingerprint density at radius 2 is 2.00 bits per heavy atom. The first-order valence-electron chi connectivity index (χ1n) is 8.26. The first-order valence-corrected chi connectivity index (χ1v) is 10.3. The summed E-state index contributed by atoms with van der Waals surface area (Å²) in [5.74, 6) is 0.333. The summed E-state index contributed by atoms with van der Waals surface area (Å²) in [4.78, 5) is 27.0. The molecule has 4 aromatic rings. The van der Waals surface area contributed by atoms with Crippen LogP contribution in [0.1, 0.15) is 9.67 Å². The lowest BCUT2D eigenvalue weighted by Gasteiger charge is -2.00. The van der Waals surface area contributed by atoms with E-state index in [4.69, 9.17) is 11.6 Å². The zero-order valence-electron chi connectivity index (χ0n) is 14.6. The lowest BCUT2D eigenvalue weighted by atomic mass is 10.2. The molecule has 0 fully saturated rings.